The first-order valence-electron chi connectivity index (χ1n) is 12.4. The van der Waals surface area contributed by atoms with E-state index in [2.05, 4.69) is 4.98 Å². The smallest absolute Gasteiger partial charge is 0.417 e. The van der Waals surface area contributed by atoms with Gasteiger partial charge in [0.1, 0.15) is 12.1 Å². The highest BCUT2D eigenvalue weighted by Crippen LogP contribution is 2.44. The van der Waals surface area contributed by atoms with E-state index in [1.807, 2.05) is 54.6 Å². The summed E-state index contributed by atoms with van der Waals surface area (Å²) in [5.41, 5.74) is 2.45. The molecule has 37 heavy (non-hydrogen) atoms. The van der Waals surface area contributed by atoms with Crippen LogP contribution in [0.5, 0.6) is 5.88 Å². The maximum absolute atomic E-state index is 13.6. The fraction of sp³-hybridized carbons (Fsp3) is 0.345. The number of methoxy groups -OCH3 is 1. The van der Waals surface area contributed by atoms with E-state index in [-0.39, 0.29) is 19.4 Å². The van der Waals surface area contributed by atoms with Gasteiger partial charge in [0, 0.05) is 18.2 Å². The van der Waals surface area contributed by atoms with Gasteiger partial charge >= 0.3 is 6.09 Å². The van der Waals surface area contributed by atoms with E-state index in [1.165, 1.54) is 18.2 Å². The molecule has 8 heteroatoms. The van der Waals surface area contributed by atoms with Crippen molar-refractivity contribution in [2.24, 2.45) is 0 Å². The van der Waals surface area contributed by atoms with Gasteiger partial charge in [0.25, 0.3) is 0 Å². The Hall–Kier alpha value is -3.75. The van der Waals surface area contributed by atoms with Crippen molar-refractivity contribution in [2.75, 3.05) is 7.11 Å². The molecule has 192 valence electrons. The number of benzene rings is 2. The minimum absolute atomic E-state index is 0.127. The van der Waals surface area contributed by atoms with E-state index >= 15 is 0 Å². The van der Waals surface area contributed by atoms with Crippen molar-refractivity contribution in [3.63, 3.8) is 0 Å². The zero-order valence-corrected chi connectivity index (χ0v) is 20.9. The quantitative estimate of drug-likeness (QED) is 0.462. The number of imide groups is 1. The highest BCUT2D eigenvalue weighted by molar-refractivity contribution is 5.95. The molecule has 3 aromatic rings. The molecule has 2 heterocycles. The SMILES string of the molecule is CC[C@@](O)(CC(=O)N1C(=O)O[C@H]2Cc3ccccc3[C@H]21)c1ccnc(OC)c1COCc1ccccc1. The van der Waals surface area contributed by atoms with Gasteiger partial charge in [-0.05, 0) is 34.7 Å². The molecule has 0 saturated carbocycles. The first-order valence-corrected chi connectivity index (χ1v) is 12.4. The Morgan fingerprint density at radius 1 is 1.14 bits per heavy atom. The van der Waals surface area contributed by atoms with Crippen molar-refractivity contribution in [1.82, 2.24) is 9.88 Å². The van der Waals surface area contributed by atoms with Crippen LogP contribution in [0.2, 0.25) is 0 Å². The number of amides is 2. The monoisotopic (exact) mass is 502 g/mol. The summed E-state index contributed by atoms with van der Waals surface area (Å²) in [7, 11) is 1.50. The predicted octanol–water partition coefficient (Wildman–Crippen LogP) is 4.44. The summed E-state index contributed by atoms with van der Waals surface area (Å²) in [6.45, 7) is 2.29. The van der Waals surface area contributed by atoms with Gasteiger partial charge in [-0.3, -0.25) is 4.79 Å². The fourth-order valence-corrected chi connectivity index (χ4v) is 5.32. The number of hydrogen-bond acceptors (Lipinski definition) is 7. The summed E-state index contributed by atoms with van der Waals surface area (Å²) in [6, 6.07) is 18.7. The lowest BCUT2D eigenvalue weighted by Crippen LogP contribution is -2.40. The van der Waals surface area contributed by atoms with Crippen molar-refractivity contribution in [2.45, 2.75) is 57.1 Å². The molecular formula is C29H30N2O6. The molecular weight excluding hydrogens is 472 g/mol. The van der Waals surface area contributed by atoms with Crippen LogP contribution in [-0.2, 0) is 39.5 Å². The van der Waals surface area contributed by atoms with E-state index in [0.717, 1.165) is 16.7 Å². The van der Waals surface area contributed by atoms with Gasteiger partial charge in [0.15, 0.2) is 0 Å². The second kappa shape index (κ2) is 10.3. The number of aliphatic hydroxyl groups is 1. The largest absolute Gasteiger partial charge is 0.481 e. The number of pyridine rings is 1. The Kier molecular flexibility index (Phi) is 6.95. The van der Waals surface area contributed by atoms with Crippen LogP contribution in [0.3, 0.4) is 0 Å². The van der Waals surface area contributed by atoms with Gasteiger partial charge < -0.3 is 19.3 Å². The van der Waals surface area contributed by atoms with Crippen LogP contribution in [0.1, 0.15) is 53.6 Å². The summed E-state index contributed by atoms with van der Waals surface area (Å²) < 4.78 is 17.0. The maximum Gasteiger partial charge on any atom is 0.417 e. The zero-order valence-electron chi connectivity index (χ0n) is 20.9. The molecule has 8 nitrogen and oxygen atoms in total. The summed E-state index contributed by atoms with van der Waals surface area (Å²) in [5.74, 6) is -0.180. The lowest BCUT2D eigenvalue weighted by molar-refractivity contribution is -0.135. The Morgan fingerprint density at radius 2 is 1.89 bits per heavy atom. The van der Waals surface area contributed by atoms with Crippen LogP contribution >= 0.6 is 0 Å². The highest BCUT2D eigenvalue weighted by Gasteiger charge is 2.51. The number of carbonyl (C=O) groups is 2. The Bertz CT molecular complexity index is 1300. The second-order valence-electron chi connectivity index (χ2n) is 9.42. The number of hydrogen-bond donors (Lipinski definition) is 1. The Labute approximate surface area is 215 Å². The first-order chi connectivity index (χ1) is 17.9. The van der Waals surface area contributed by atoms with Crippen molar-refractivity contribution < 1.29 is 28.9 Å². The zero-order chi connectivity index (χ0) is 26.0. The van der Waals surface area contributed by atoms with Crippen LogP contribution in [0.4, 0.5) is 4.79 Å². The summed E-state index contributed by atoms with van der Waals surface area (Å²) in [4.78, 5) is 31.8. The lowest BCUT2D eigenvalue weighted by atomic mass is 9.85. The van der Waals surface area contributed by atoms with Crippen LogP contribution in [0.15, 0.2) is 66.9 Å². The molecule has 0 unspecified atom stereocenters. The molecule has 0 bridgehead atoms. The fourth-order valence-electron chi connectivity index (χ4n) is 5.32. The minimum Gasteiger partial charge on any atom is -0.481 e. The first kappa shape index (κ1) is 24.9. The molecule has 1 N–H and O–H groups in total. The van der Waals surface area contributed by atoms with Gasteiger partial charge in [-0.25, -0.2) is 14.7 Å². The topological polar surface area (TPSA) is 98.2 Å². The number of nitrogens with zero attached hydrogens (tertiary/aromatic N) is 2. The number of aromatic nitrogens is 1. The normalized spacial score (nSPS) is 19.6. The number of fused-ring (bicyclic) bond motifs is 3. The van der Waals surface area contributed by atoms with Gasteiger partial charge in [-0.15, -0.1) is 0 Å². The van der Waals surface area contributed by atoms with Crippen LogP contribution < -0.4 is 4.74 Å². The van der Waals surface area contributed by atoms with Crippen LogP contribution in [0, 0.1) is 0 Å². The predicted molar refractivity (Wildman–Crippen MR) is 135 cm³/mol. The average molecular weight is 503 g/mol. The molecule has 1 aliphatic heterocycles. The van der Waals surface area contributed by atoms with Crippen LogP contribution in [-0.4, -0.2) is 40.2 Å². The number of ether oxygens (including phenoxy) is 3. The Balaban J connectivity index is 1.40. The molecule has 0 radical (unpaired) electrons. The highest BCUT2D eigenvalue weighted by atomic mass is 16.6. The van der Waals surface area contributed by atoms with E-state index in [1.54, 1.807) is 13.0 Å². The third kappa shape index (κ3) is 4.70. The van der Waals surface area contributed by atoms with Gasteiger partial charge in [-0.2, -0.15) is 0 Å². The molecule has 5 rings (SSSR count). The molecule has 2 amide bonds. The molecule has 1 aromatic heterocycles. The molecule has 2 aliphatic rings. The van der Waals surface area contributed by atoms with E-state index in [4.69, 9.17) is 14.2 Å². The molecule has 0 spiro atoms. The third-order valence-corrected chi connectivity index (χ3v) is 7.24. The van der Waals surface area contributed by atoms with Crippen molar-refractivity contribution in [3.05, 3.63) is 94.7 Å². The van der Waals surface area contributed by atoms with E-state index in [9.17, 15) is 14.7 Å². The van der Waals surface area contributed by atoms with Crippen LogP contribution in [0.25, 0.3) is 0 Å². The van der Waals surface area contributed by atoms with E-state index in [0.29, 0.717) is 30.0 Å². The average Bonchev–Trinajstić information content (AvgIpc) is 3.43. The molecule has 1 saturated heterocycles. The summed E-state index contributed by atoms with van der Waals surface area (Å²) >= 11 is 0. The van der Waals surface area contributed by atoms with Gasteiger partial charge in [-0.1, -0.05) is 61.5 Å². The molecule has 1 aliphatic carbocycles. The van der Waals surface area contributed by atoms with Crippen molar-refractivity contribution >= 4 is 12.0 Å². The van der Waals surface area contributed by atoms with E-state index < -0.39 is 29.7 Å². The maximum atomic E-state index is 13.6. The summed E-state index contributed by atoms with van der Waals surface area (Å²) in [5, 5.41) is 11.8. The number of rotatable bonds is 9. The molecule has 2 aromatic carbocycles. The van der Waals surface area contributed by atoms with Crippen molar-refractivity contribution in [3.8, 4) is 5.88 Å². The summed E-state index contributed by atoms with van der Waals surface area (Å²) in [6.07, 6.45) is 0.943. The minimum atomic E-state index is -1.57. The molecule has 3 atom stereocenters. The van der Waals surface area contributed by atoms with Gasteiger partial charge in [0.2, 0.25) is 11.8 Å². The second-order valence-corrected chi connectivity index (χ2v) is 9.42. The number of carbonyl (C=O) groups excluding carboxylic acids is 2. The van der Waals surface area contributed by atoms with Gasteiger partial charge in [0.05, 0.1) is 32.3 Å². The lowest BCUT2D eigenvalue weighted by Gasteiger charge is -2.31. The molecule has 1 fully saturated rings. The Morgan fingerprint density at radius 3 is 2.65 bits per heavy atom. The third-order valence-electron chi connectivity index (χ3n) is 7.24. The van der Waals surface area contributed by atoms with Crippen molar-refractivity contribution in [1.29, 1.82) is 0 Å². The standard InChI is InChI=1S/C29H30N2O6/c1-3-29(34,16-25(32)31-26-21-12-8-7-11-20(21)15-24(26)37-28(31)33)23-13-14-30-27(35-2)22(23)18-36-17-19-9-5-4-6-10-19/h4-14,24,26,34H,3,15-18H2,1-2H3/t24-,26+,29+/m0/s1.